The molecular formula is C28H22N8. The highest BCUT2D eigenvalue weighted by molar-refractivity contribution is 6.13. The van der Waals surface area contributed by atoms with Crippen LogP contribution in [0.2, 0.25) is 0 Å². The highest BCUT2D eigenvalue weighted by atomic mass is 15.3. The van der Waals surface area contributed by atoms with Crippen LogP contribution in [-0.4, -0.2) is 31.6 Å². The maximum absolute atomic E-state index is 5.28. The summed E-state index contributed by atoms with van der Waals surface area (Å²) in [5.74, 6) is 1.14. The maximum Gasteiger partial charge on any atom is 0.238 e. The summed E-state index contributed by atoms with van der Waals surface area (Å²) in [5, 5.41) is 6.96. The first-order valence-electron chi connectivity index (χ1n) is 11.6. The Morgan fingerprint density at radius 3 is 1.72 bits per heavy atom. The van der Waals surface area contributed by atoms with Crippen LogP contribution < -0.4 is 10.6 Å². The third-order valence-corrected chi connectivity index (χ3v) is 6.04. The maximum atomic E-state index is 5.28. The molecule has 4 aromatic rings. The minimum Gasteiger partial charge on any atom is -0.371 e. The molecule has 0 saturated carbocycles. The van der Waals surface area contributed by atoms with Crippen molar-refractivity contribution in [3.63, 3.8) is 0 Å². The Balaban J connectivity index is 1.66. The van der Waals surface area contributed by atoms with Gasteiger partial charge in [0, 0.05) is 24.8 Å². The lowest BCUT2D eigenvalue weighted by molar-refractivity contribution is 0.502. The fourth-order valence-corrected chi connectivity index (χ4v) is 4.33. The van der Waals surface area contributed by atoms with E-state index in [1.165, 1.54) is 0 Å². The lowest BCUT2D eigenvalue weighted by Gasteiger charge is -2.39. The van der Waals surface area contributed by atoms with Crippen molar-refractivity contribution >= 4 is 11.7 Å². The predicted octanol–water partition coefficient (Wildman–Crippen LogP) is 3.48. The molecule has 4 aromatic heterocycles. The predicted molar refractivity (Wildman–Crippen MR) is 138 cm³/mol. The number of dihydropyridines is 1. The fraction of sp³-hybridized carbons (Fsp3) is 0.0714. The molecule has 6 heterocycles. The fourth-order valence-electron chi connectivity index (χ4n) is 4.33. The molecule has 2 aliphatic heterocycles. The van der Waals surface area contributed by atoms with Gasteiger partial charge in [-0.05, 0) is 66.9 Å². The molecular weight excluding hydrogens is 448 g/mol. The van der Waals surface area contributed by atoms with Crippen LogP contribution in [0.1, 0.15) is 22.8 Å². The van der Waals surface area contributed by atoms with Gasteiger partial charge < -0.3 is 10.6 Å². The minimum absolute atomic E-state index is 0.553. The van der Waals surface area contributed by atoms with Crippen LogP contribution in [0.4, 0.5) is 0 Å². The third kappa shape index (κ3) is 3.65. The van der Waals surface area contributed by atoms with Crippen LogP contribution in [-0.2, 0) is 11.2 Å². The number of pyridine rings is 4. The van der Waals surface area contributed by atoms with Crippen molar-refractivity contribution in [3.05, 3.63) is 145 Å². The van der Waals surface area contributed by atoms with Gasteiger partial charge in [0.25, 0.3) is 0 Å². The van der Waals surface area contributed by atoms with E-state index in [2.05, 4.69) is 30.6 Å². The van der Waals surface area contributed by atoms with Crippen LogP contribution in [0.5, 0.6) is 0 Å². The molecule has 1 atom stereocenters. The Morgan fingerprint density at radius 1 is 0.583 bits per heavy atom. The topological polar surface area (TPSA) is 100 Å². The second-order valence-electron chi connectivity index (χ2n) is 8.25. The lowest BCUT2D eigenvalue weighted by atomic mass is 9.88. The molecule has 0 saturated heterocycles. The first kappa shape index (κ1) is 21.5. The van der Waals surface area contributed by atoms with Crippen LogP contribution >= 0.6 is 0 Å². The van der Waals surface area contributed by atoms with Crippen molar-refractivity contribution in [2.24, 2.45) is 9.98 Å². The number of amidine groups is 2. The van der Waals surface area contributed by atoms with Gasteiger partial charge in [0.1, 0.15) is 11.5 Å². The number of hydrogen-bond acceptors (Lipinski definition) is 8. The molecule has 8 nitrogen and oxygen atoms in total. The minimum atomic E-state index is -1.26. The molecule has 0 radical (unpaired) electrons. The van der Waals surface area contributed by atoms with E-state index in [0.717, 1.165) is 5.69 Å². The van der Waals surface area contributed by atoms with E-state index in [1.807, 2.05) is 97.2 Å². The highest BCUT2D eigenvalue weighted by Gasteiger charge is 2.46. The van der Waals surface area contributed by atoms with Gasteiger partial charge in [0.2, 0.25) is 5.66 Å². The molecule has 2 N–H and O–H groups in total. The van der Waals surface area contributed by atoms with Gasteiger partial charge in [-0.2, -0.15) is 0 Å². The average molecular weight is 471 g/mol. The molecule has 0 bridgehead atoms. The zero-order chi connectivity index (χ0) is 24.3. The van der Waals surface area contributed by atoms with Gasteiger partial charge in [-0.3, -0.25) is 19.9 Å². The van der Waals surface area contributed by atoms with Gasteiger partial charge in [0.05, 0.1) is 17.1 Å². The van der Waals surface area contributed by atoms with E-state index in [9.17, 15) is 0 Å². The summed E-state index contributed by atoms with van der Waals surface area (Å²) < 4.78 is 0. The monoisotopic (exact) mass is 470 g/mol. The number of nitrogens with zero attached hydrogens (tertiary/aromatic N) is 6. The molecule has 36 heavy (non-hydrogen) atoms. The summed E-state index contributed by atoms with van der Waals surface area (Å²) in [4.78, 5) is 29.0. The number of hydrogen-bond donors (Lipinski definition) is 2. The van der Waals surface area contributed by atoms with E-state index >= 15 is 0 Å². The zero-order valence-corrected chi connectivity index (χ0v) is 19.2. The summed E-state index contributed by atoms with van der Waals surface area (Å²) >= 11 is 0. The second kappa shape index (κ2) is 8.99. The van der Waals surface area contributed by atoms with Crippen molar-refractivity contribution in [1.82, 2.24) is 30.6 Å². The van der Waals surface area contributed by atoms with E-state index < -0.39 is 11.2 Å². The van der Waals surface area contributed by atoms with E-state index in [1.54, 1.807) is 24.8 Å². The third-order valence-electron chi connectivity index (χ3n) is 6.04. The smallest absolute Gasteiger partial charge is 0.238 e. The van der Waals surface area contributed by atoms with Crippen molar-refractivity contribution < 1.29 is 0 Å². The van der Waals surface area contributed by atoms with Gasteiger partial charge >= 0.3 is 0 Å². The first-order chi connectivity index (χ1) is 17.8. The van der Waals surface area contributed by atoms with Crippen LogP contribution in [0.25, 0.3) is 0 Å². The second-order valence-corrected chi connectivity index (χ2v) is 8.25. The molecule has 1 unspecified atom stereocenters. The van der Waals surface area contributed by atoms with Crippen molar-refractivity contribution in [1.29, 1.82) is 0 Å². The molecule has 8 heteroatoms. The van der Waals surface area contributed by atoms with Gasteiger partial charge in [-0.25, -0.2) is 9.98 Å². The van der Waals surface area contributed by atoms with Gasteiger partial charge in [0.15, 0.2) is 11.4 Å². The molecule has 6 rings (SSSR count). The molecule has 0 amide bonds. The van der Waals surface area contributed by atoms with Gasteiger partial charge in [-0.1, -0.05) is 30.3 Å². The van der Waals surface area contributed by atoms with Crippen LogP contribution in [0.15, 0.2) is 132 Å². The number of aliphatic imine (C=N–C) groups is 2. The molecule has 0 fully saturated rings. The normalized spacial score (nSPS) is 20.0. The zero-order valence-electron chi connectivity index (χ0n) is 19.2. The molecule has 0 aromatic carbocycles. The molecule has 174 valence electrons. The first-order valence-corrected chi connectivity index (χ1v) is 11.6. The quantitative estimate of drug-likeness (QED) is 0.463. The summed E-state index contributed by atoms with van der Waals surface area (Å²) in [6.45, 7) is 0. The molecule has 0 aliphatic carbocycles. The highest BCUT2D eigenvalue weighted by Crippen LogP contribution is 2.38. The number of allylic oxidation sites excluding steroid dienone is 2. The van der Waals surface area contributed by atoms with Crippen LogP contribution in [0, 0.1) is 0 Å². The summed E-state index contributed by atoms with van der Waals surface area (Å²) in [7, 11) is 0. The van der Waals surface area contributed by atoms with Crippen LogP contribution in [0.3, 0.4) is 0 Å². The van der Waals surface area contributed by atoms with Crippen molar-refractivity contribution in [2.75, 3.05) is 0 Å². The lowest BCUT2D eigenvalue weighted by Crippen LogP contribution is -2.57. The van der Waals surface area contributed by atoms with E-state index in [4.69, 9.17) is 9.98 Å². The van der Waals surface area contributed by atoms with E-state index in [-0.39, 0.29) is 0 Å². The molecule has 0 spiro atoms. The summed E-state index contributed by atoms with van der Waals surface area (Å²) in [6.07, 6.45) is 14.8. The largest absolute Gasteiger partial charge is 0.371 e. The van der Waals surface area contributed by atoms with Crippen molar-refractivity contribution in [3.8, 4) is 0 Å². The average Bonchev–Trinajstić information content (AvgIpc) is 2.99. The Labute approximate surface area is 208 Å². The van der Waals surface area contributed by atoms with E-state index in [0.29, 0.717) is 28.8 Å². The number of aromatic nitrogens is 4. The summed E-state index contributed by atoms with van der Waals surface area (Å²) in [5.41, 5.74) is 0.586. The molecule has 2 aliphatic rings. The Kier molecular flexibility index (Phi) is 5.38. The number of rotatable bonds is 5. The van der Waals surface area contributed by atoms with Gasteiger partial charge in [-0.15, -0.1) is 0 Å². The summed E-state index contributed by atoms with van der Waals surface area (Å²) in [6, 6.07) is 23.0. The Morgan fingerprint density at radius 2 is 1.19 bits per heavy atom. The standard InChI is InChI=1S/C28H22N8/c1-6-16-29-21(11-1)25-34-26(27(15-5-10-20-33-27)22-12-2-7-17-30-22)36-28(35-25,23-13-3-8-18-31-23)24-14-4-9-19-32-24/h1-20,33H,(H,34,35,36). The Bertz CT molecular complexity index is 1430. The number of nitrogens with one attached hydrogen (secondary N) is 2. The van der Waals surface area contributed by atoms with Crippen molar-refractivity contribution in [2.45, 2.75) is 11.2 Å². The SMILES string of the molecule is C1=CNC(C2=NC(c3ccccn3)(c3ccccn3)N=C(c3ccccn3)N2)(c2ccccn2)C=C1. The Hall–Kier alpha value is -4.98.